The minimum Gasteiger partial charge on any atom is -0.355 e. The molecule has 1 aliphatic rings. The van der Waals surface area contributed by atoms with Gasteiger partial charge in [0.1, 0.15) is 0 Å². The van der Waals surface area contributed by atoms with E-state index in [9.17, 15) is 4.79 Å². The van der Waals surface area contributed by atoms with E-state index in [0.29, 0.717) is 5.41 Å². The molecule has 0 spiro atoms. The number of hydrogen-bond acceptors (Lipinski definition) is 2. The van der Waals surface area contributed by atoms with Crippen LogP contribution >= 0.6 is 0 Å². The number of nitrogens with two attached hydrogens (primary N) is 1. The first kappa shape index (κ1) is 14.5. The van der Waals surface area contributed by atoms with Crippen LogP contribution in [0.1, 0.15) is 60.3 Å². The summed E-state index contributed by atoms with van der Waals surface area (Å²) in [7, 11) is 0. The number of rotatable bonds is 6. The van der Waals surface area contributed by atoms with Crippen LogP contribution in [0.3, 0.4) is 0 Å². The molecular weight excluding hydrogens is 212 g/mol. The lowest BCUT2D eigenvalue weighted by Crippen LogP contribution is -2.56. The number of carbonyl (C=O) groups is 1. The lowest BCUT2D eigenvalue weighted by molar-refractivity contribution is -0.132. The van der Waals surface area contributed by atoms with E-state index < -0.39 is 11.0 Å². The molecule has 0 aliphatic heterocycles. The summed E-state index contributed by atoms with van der Waals surface area (Å²) in [6, 6.07) is 0. The first-order valence-corrected chi connectivity index (χ1v) is 6.72. The molecule has 1 amide bonds. The molecule has 0 radical (unpaired) electrons. The Kier molecular flexibility index (Phi) is 3.92. The number of hydrogen-bond donors (Lipinski definition) is 2. The van der Waals surface area contributed by atoms with Crippen LogP contribution in [0, 0.1) is 10.8 Å². The molecule has 0 aromatic carbocycles. The largest absolute Gasteiger partial charge is 0.355 e. The van der Waals surface area contributed by atoms with Crippen LogP contribution < -0.4 is 11.1 Å². The summed E-state index contributed by atoms with van der Waals surface area (Å²) in [5, 5.41) is 3.10. The molecule has 1 aliphatic carbocycles. The van der Waals surface area contributed by atoms with Gasteiger partial charge in [0.25, 0.3) is 0 Å². The van der Waals surface area contributed by atoms with Gasteiger partial charge in [-0.15, -0.1) is 0 Å². The summed E-state index contributed by atoms with van der Waals surface area (Å²) in [6.07, 6.45) is 4.93. The first-order chi connectivity index (χ1) is 7.65. The van der Waals surface area contributed by atoms with Gasteiger partial charge in [0.15, 0.2) is 0 Å². The smallest absolute Gasteiger partial charge is 0.227 e. The van der Waals surface area contributed by atoms with Gasteiger partial charge < -0.3 is 11.1 Å². The van der Waals surface area contributed by atoms with E-state index in [0.717, 1.165) is 6.54 Å². The van der Waals surface area contributed by atoms with Crippen molar-refractivity contribution in [1.82, 2.24) is 5.32 Å². The molecule has 3 N–H and O–H groups in total. The van der Waals surface area contributed by atoms with Crippen molar-refractivity contribution in [1.29, 1.82) is 0 Å². The maximum atomic E-state index is 12.2. The van der Waals surface area contributed by atoms with E-state index >= 15 is 0 Å². The second-order valence-electron chi connectivity index (χ2n) is 6.78. The van der Waals surface area contributed by atoms with Crippen LogP contribution in [0.25, 0.3) is 0 Å². The molecule has 1 fully saturated rings. The van der Waals surface area contributed by atoms with Gasteiger partial charge in [-0.2, -0.15) is 0 Å². The highest BCUT2D eigenvalue weighted by Gasteiger charge is 2.44. The average Bonchev–Trinajstić information content (AvgIpc) is 2.94. The van der Waals surface area contributed by atoms with Gasteiger partial charge in [0.05, 0.1) is 5.41 Å². The Morgan fingerprint density at radius 2 is 1.82 bits per heavy atom. The predicted octanol–water partition coefficient (Wildman–Crippen LogP) is 2.45. The lowest BCUT2D eigenvalue weighted by Gasteiger charge is -2.37. The molecule has 0 bridgehead atoms. The average molecular weight is 240 g/mol. The predicted molar refractivity (Wildman–Crippen MR) is 71.6 cm³/mol. The van der Waals surface area contributed by atoms with Crippen LogP contribution in [0.2, 0.25) is 0 Å². The normalized spacial score (nSPS) is 18.9. The summed E-state index contributed by atoms with van der Waals surface area (Å²) in [5.74, 6) is 0.0763. The van der Waals surface area contributed by atoms with Crippen molar-refractivity contribution >= 4 is 5.91 Å². The quantitative estimate of drug-likeness (QED) is 0.749. The molecule has 0 saturated heterocycles. The number of nitrogens with one attached hydrogen (secondary N) is 1. The summed E-state index contributed by atoms with van der Waals surface area (Å²) in [6.45, 7) is 10.7. The van der Waals surface area contributed by atoms with Crippen molar-refractivity contribution in [3.8, 4) is 0 Å². The summed E-state index contributed by atoms with van der Waals surface area (Å²) >= 11 is 0. The third-order valence-electron chi connectivity index (χ3n) is 4.54. The fourth-order valence-electron chi connectivity index (χ4n) is 2.00. The zero-order valence-electron chi connectivity index (χ0n) is 12.0. The van der Waals surface area contributed by atoms with Crippen LogP contribution in [-0.2, 0) is 4.79 Å². The van der Waals surface area contributed by atoms with Crippen molar-refractivity contribution in [2.24, 2.45) is 16.6 Å². The van der Waals surface area contributed by atoms with Gasteiger partial charge in [0.2, 0.25) is 5.91 Å². The molecule has 0 aromatic rings. The minimum atomic E-state index is -0.532. The molecule has 17 heavy (non-hydrogen) atoms. The number of carbonyl (C=O) groups excluding carboxylic acids is 1. The van der Waals surface area contributed by atoms with E-state index in [-0.39, 0.29) is 5.91 Å². The van der Waals surface area contributed by atoms with E-state index in [1.165, 1.54) is 25.7 Å². The molecule has 0 unspecified atom stereocenters. The second-order valence-corrected chi connectivity index (χ2v) is 6.78. The van der Waals surface area contributed by atoms with Gasteiger partial charge in [-0.3, -0.25) is 4.79 Å². The molecule has 0 heterocycles. The molecule has 1 rings (SSSR count). The maximum absolute atomic E-state index is 12.2. The van der Waals surface area contributed by atoms with Crippen molar-refractivity contribution in [3.63, 3.8) is 0 Å². The molecule has 1 saturated carbocycles. The van der Waals surface area contributed by atoms with E-state index in [2.05, 4.69) is 12.2 Å². The number of amides is 1. The van der Waals surface area contributed by atoms with E-state index in [4.69, 9.17) is 5.73 Å². The summed E-state index contributed by atoms with van der Waals surface area (Å²) < 4.78 is 0. The van der Waals surface area contributed by atoms with Crippen molar-refractivity contribution in [3.05, 3.63) is 0 Å². The standard InChI is InChI=1S/C14H28N2O/c1-6-7-14(8-9-14)10-16-11(17)12(2,3)13(4,5)15/h6-10,15H2,1-5H3,(H,16,17). The third-order valence-corrected chi connectivity index (χ3v) is 4.54. The fourth-order valence-corrected chi connectivity index (χ4v) is 2.00. The van der Waals surface area contributed by atoms with Gasteiger partial charge in [-0.1, -0.05) is 13.3 Å². The Labute approximate surface area is 106 Å². The first-order valence-electron chi connectivity index (χ1n) is 6.72. The van der Waals surface area contributed by atoms with Crippen LogP contribution in [0.4, 0.5) is 0 Å². The minimum absolute atomic E-state index is 0.0763. The highest BCUT2D eigenvalue weighted by Crippen LogP contribution is 2.49. The van der Waals surface area contributed by atoms with Crippen LogP contribution in [-0.4, -0.2) is 18.0 Å². The Morgan fingerprint density at radius 1 is 1.29 bits per heavy atom. The van der Waals surface area contributed by atoms with Crippen molar-refractivity contribution < 1.29 is 4.79 Å². The molecule has 0 atom stereocenters. The van der Waals surface area contributed by atoms with Crippen molar-refractivity contribution in [2.45, 2.75) is 65.8 Å². The van der Waals surface area contributed by atoms with Gasteiger partial charge >= 0.3 is 0 Å². The maximum Gasteiger partial charge on any atom is 0.227 e. The Hall–Kier alpha value is -0.570. The zero-order valence-corrected chi connectivity index (χ0v) is 12.0. The zero-order chi connectivity index (χ0) is 13.3. The van der Waals surface area contributed by atoms with E-state index in [1.54, 1.807) is 0 Å². The monoisotopic (exact) mass is 240 g/mol. The van der Waals surface area contributed by atoms with Gasteiger partial charge in [-0.25, -0.2) is 0 Å². The molecule has 3 nitrogen and oxygen atoms in total. The lowest BCUT2D eigenvalue weighted by atomic mass is 9.74. The molecule has 3 heteroatoms. The van der Waals surface area contributed by atoms with Gasteiger partial charge in [-0.05, 0) is 52.4 Å². The summed E-state index contributed by atoms with van der Waals surface area (Å²) in [5.41, 5.74) is 5.44. The molecule has 100 valence electrons. The third kappa shape index (κ3) is 3.21. The van der Waals surface area contributed by atoms with Crippen molar-refractivity contribution in [2.75, 3.05) is 6.54 Å². The fraction of sp³-hybridized carbons (Fsp3) is 0.929. The molecule has 0 aromatic heterocycles. The molecular formula is C14H28N2O. The van der Waals surface area contributed by atoms with Crippen LogP contribution in [0.15, 0.2) is 0 Å². The SMILES string of the molecule is CCCC1(CNC(=O)C(C)(C)C(C)(C)N)CC1. The van der Waals surface area contributed by atoms with Crippen LogP contribution in [0.5, 0.6) is 0 Å². The Balaban J connectivity index is 2.50. The highest BCUT2D eigenvalue weighted by atomic mass is 16.2. The summed E-state index contributed by atoms with van der Waals surface area (Å²) in [4.78, 5) is 12.2. The highest BCUT2D eigenvalue weighted by molar-refractivity contribution is 5.83. The Morgan fingerprint density at radius 3 is 2.18 bits per heavy atom. The second kappa shape index (κ2) is 4.60. The van der Waals surface area contributed by atoms with Gasteiger partial charge in [0, 0.05) is 12.1 Å². The topological polar surface area (TPSA) is 55.1 Å². The van der Waals surface area contributed by atoms with E-state index in [1.807, 2.05) is 27.7 Å². The Bertz CT molecular complexity index is 285.